The van der Waals surface area contributed by atoms with Gasteiger partial charge in [-0.05, 0) is 37.3 Å². The van der Waals surface area contributed by atoms with Gasteiger partial charge < -0.3 is 14.6 Å². The van der Waals surface area contributed by atoms with Crippen LogP contribution in [0.25, 0.3) is 16.8 Å². The van der Waals surface area contributed by atoms with Crippen molar-refractivity contribution in [3.63, 3.8) is 0 Å². The number of hydrogen-bond acceptors (Lipinski definition) is 5. The molecule has 156 valence electrons. The number of fused-ring (bicyclic) bond motifs is 1. The molecule has 0 aliphatic rings. The summed E-state index contributed by atoms with van der Waals surface area (Å²) in [6, 6.07) is 17.6. The molecule has 0 aliphatic carbocycles. The molecule has 2 aromatic carbocycles. The lowest BCUT2D eigenvalue weighted by Crippen LogP contribution is -2.28. The SMILES string of the molecule is CCOC(=O)c1ccc(NC(=O)Cn2ccn3nc(-c4ccccc4)cc3c2=O)cc1. The minimum absolute atomic E-state index is 0.152. The third-order valence-corrected chi connectivity index (χ3v) is 4.67. The number of hydrogen-bond donors (Lipinski definition) is 1. The molecule has 0 saturated heterocycles. The van der Waals surface area contributed by atoms with E-state index in [9.17, 15) is 14.4 Å². The second-order valence-electron chi connectivity index (χ2n) is 6.80. The van der Waals surface area contributed by atoms with E-state index in [-0.39, 0.29) is 18.0 Å². The lowest BCUT2D eigenvalue weighted by molar-refractivity contribution is -0.116. The molecule has 31 heavy (non-hydrogen) atoms. The van der Waals surface area contributed by atoms with Crippen LogP contribution in [0.15, 0.2) is 77.9 Å². The van der Waals surface area contributed by atoms with Gasteiger partial charge in [0.15, 0.2) is 0 Å². The maximum atomic E-state index is 12.8. The zero-order valence-electron chi connectivity index (χ0n) is 16.8. The van der Waals surface area contributed by atoms with Gasteiger partial charge in [-0.15, -0.1) is 0 Å². The van der Waals surface area contributed by atoms with Gasteiger partial charge in [-0.1, -0.05) is 30.3 Å². The first kappa shape index (κ1) is 20.1. The van der Waals surface area contributed by atoms with Gasteiger partial charge in [-0.25, -0.2) is 9.31 Å². The van der Waals surface area contributed by atoms with Crippen molar-refractivity contribution < 1.29 is 14.3 Å². The number of nitrogens with zero attached hydrogens (tertiary/aromatic N) is 3. The smallest absolute Gasteiger partial charge is 0.338 e. The van der Waals surface area contributed by atoms with Gasteiger partial charge in [0.05, 0.1) is 17.9 Å². The number of esters is 1. The molecule has 0 spiro atoms. The second kappa shape index (κ2) is 8.66. The molecule has 0 aliphatic heterocycles. The standard InChI is InChI=1S/C23H20N4O4/c1-2-31-23(30)17-8-10-18(11-9-17)24-21(28)15-26-12-13-27-20(22(26)29)14-19(25-27)16-6-4-3-5-7-16/h3-14H,2,15H2,1H3,(H,24,28). The Bertz CT molecular complexity index is 1290. The van der Waals surface area contributed by atoms with E-state index in [0.717, 1.165) is 5.56 Å². The summed E-state index contributed by atoms with van der Waals surface area (Å²) in [4.78, 5) is 36.9. The van der Waals surface area contributed by atoms with Crippen molar-refractivity contribution in [1.82, 2.24) is 14.2 Å². The number of carbonyl (C=O) groups excluding carboxylic acids is 2. The molecular weight excluding hydrogens is 396 g/mol. The number of aromatic nitrogens is 3. The van der Waals surface area contributed by atoms with Crippen LogP contribution < -0.4 is 10.9 Å². The molecule has 8 heteroatoms. The summed E-state index contributed by atoms with van der Waals surface area (Å²) in [5, 5.41) is 7.15. The molecule has 0 unspecified atom stereocenters. The van der Waals surface area contributed by atoms with Crippen LogP contribution in [0, 0.1) is 0 Å². The molecule has 1 N–H and O–H groups in total. The first-order valence-corrected chi connectivity index (χ1v) is 9.76. The highest BCUT2D eigenvalue weighted by Crippen LogP contribution is 2.17. The van der Waals surface area contributed by atoms with Crippen molar-refractivity contribution in [1.29, 1.82) is 0 Å². The zero-order valence-corrected chi connectivity index (χ0v) is 16.8. The lowest BCUT2D eigenvalue weighted by atomic mass is 10.1. The molecular formula is C23H20N4O4. The highest BCUT2D eigenvalue weighted by Gasteiger charge is 2.12. The maximum absolute atomic E-state index is 12.8. The fourth-order valence-corrected chi connectivity index (χ4v) is 3.16. The zero-order chi connectivity index (χ0) is 21.8. The van der Waals surface area contributed by atoms with Crippen LogP contribution in [0.4, 0.5) is 5.69 Å². The third kappa shape index (κ3) is 4.37. The molecule has 0 fully saturated rings. The summed E-state index contributed by atoms with van der Waals surface area (Å²) in [6.45, 7) is 1.87. The van der Waals surface area contributed by atoms with Crippen LogP contribution in [-0.4, -0.2) is 32.7 Å². The Hall–Kier alpha value is -4.20. The van der Waals surface area contributed by atoms with Gasteiger partial charge in [0.2, 0.25) is 5.91 Å². The predicted octanol–water partition coefficient (Wildman–Crippen LogP) is 2.98. The van der Waals surface area contributed by atoms with Crippen LogP contribution in [-0.2, 0) is 16.1 Å². The Balaban J connectivity index is 1.49. The summed E-state index contributed by atoms with van der Waals surface area (Å²) in [6.07, 6.45) is 3.17. The molecule has 4 rings (SSSR count). The van der Waals surface area contributed by atoms with Crippen molar-refractivity contribution >= 4 is 23.1 Å². The Morgan fingerprint density at radius 2 is 1.77 bits per heavy atom. The number of anilines is 1. The van der Waals surface area contributed by atoms with Gasteiger partial charge in [0.25, 0.3) is 5.56 Å². The van der Waals surface area contributed by atoms with Gasteiger partial charge in [-0.2, -0.15) is 5.10 Å². The summed E-state index contributed by atoms with van der Waals surface area (Å²) >= 11 is 0. The summed E-state index contributed by atoms with van der Waals surface area (Å²) in [7, 11) is 0. The minimum atomic E-state index is -0.420. The van der Waals surface area contributed by atoms with E-state index in [1.54, 1.807) is 43.5 Å². The first-order chi connectivity index (χ1) is 15.0. The molecule has 2 aromatic heterocycles. The molecule has 0 saturated carbocycles. The quantitative estimate of drug-likeness (QED) is 0.488. The summed E-state index contributed by atoms with van der Waals surface area (Å²) in [5.41, 5.74) is 2.57. The Labute approximate surface area is 177 Å². The van der Waals surface area contributed by atoms with Gasteiger partial charge in [-0.3, -0.25) is 9.59 Å². The molecule has 0 bridgehead atoms. The normalized spacial score (nSPS) is 10.7. The van der Waals surface area contributed by atoms with Gasteiger partial charge in [0.1, 0.15) is 12.1 Å². The highest BCUT2D eigenvalue weighted by molar-refractivity contribution is 5.93. The largest absolute Gasteiger partial charge is 0.462 e. The number of benzene rings is 2. The van der Waals surface area contributed by atoms with Crippen molar-refractivity contribution in [2.24, 2.45) is 0 Å². The molecule has 8 nitrogen and oxygen atoms in total. The van der Waals surface area contributed by atoms with E-state index >= 15 is 0 Å². The third-order valence-electron chi connectivity index (χ3n) is 4.67. The molecule has 2 heterocycles. The maximum Gasteiger partial charge on any atom is 0.338 e. The number of nitrogens with one attached hydrogen (secondary N) is 1. The fourth-order valence-electron chi connectivity index (χ4n) is 3.16. The van der Waals surface area contributed by atoms with Crippen molar-refractivity contribution in [2.75, 3.05) is 11.9 Å². The van der Waals surface area contributed by atoms with E-state index < -0.39 is 5.97 Å². The van der Waals surface area contributed by atoms with Crippen molar-refractivity contribution in [2.45, 2.75) is 13.5 Å². The van der Waals surface area contributed by atoms with Crippen LogP contribution in [0.5, 0.6) is 0 Å². The molecule has 1 amide bonds. The minimum Gasteiger partial charge on any atom is -0.462 e. The Morgan fingerprint density at radius 1 is 1.03 bits per heavy atom. The number of amides is 1. The Kier molecular flexibility index (Phi) is 5.61. The van der Waals surface area contributed by atoms with E-state index in [1.807, 2.05) is 30.3 Å². The number of rotatable bonds is 6. The van der Waals surface area contributed by atoms with Gasteiger partial charge >= 0.3 is 5.97 Å². The Morgan fingerprint density at radius 3 is 2.48 bits per heavy atom. The highest BCUT2D eigenvalue weighted by atomic mass is 16.5. The topological polar surface area (TPSA) is 94.7 Å². The summed E-state index contributed by atoms with van der Waals surface area (Å²) < 4.78 is 7.77. The average molecular weight is 416 g/mol. The van der Waals surface area contributed by atoms with Crippen molar-refractivity contribution in [3.8, 4) is 11.3 Å². The predicted molar refractivity (Wildman–Crippen MR) is 116 cm³/mol. The van der Waals surface area contributed by atoms with Crippen molar-refractivity contribution in [3.05, 3.63) is 89.0 Å². The molecule has 0 radical (unpaired) electrons. The average Bonchev–Trinajstić information content (AvgIpc) is 3.22. The van der Waals surface area contributed by atoms with E-state index in [1.165, 1.54) is 15.3 Å². The summed E-state index contributed by atoms with van der Waals surface area (Å²) in [5.74, 6) is -0.783. The van der Waals surface area contributed by atoms with E-state index in [2.05, 4.69) is 10.4 Å². The van der Waals surface area contributed by atoms with E-state index in [0.29, 0.717) is 29.1 Å². The van der Waals surface area contributed by atoms with Crippen LogP contribution in [0.2, 0.25) is 0 Å². The number of carbonyl (C=O) groups is 2. The molecule has 0 atom stereocenters. The fraction of sp³-hybridized carbons (Fsp3) is 0.130. The monoisotopic (exact) mass is 416 g/mol. The van der Waals surface area contributed by atoms with Gasteiger partial charge in [0, 0.05) is 23.6 Å². The first-order valence-electron chi connectivity index (χ1n) is 9.76. The van der Waals surface area contributed by atoms with Crippen LogP contribution >= 0.6 is 0 Å². The number of ether oxygens (including phenoxy) is 1. The molecule has 4 aromatic rings. The lowest BCUT2D eigenvalue weighted by Gasteiger charge is -2.08. The van der Waals surface area contributed by atoms with E-state index in [4.69, 9.17) is 4.74 Å². The van der Waals surface area contributed by atoms with Crippen LogP contribution in [0.3, 0.4) is 0 Å². The second-order valence-corrected chi connectivity index (χ2v) is 6.80. The van der Waals surface area contributed by atoms with Crippen LogP contribution in [0.1, 0.15) is 17.3 Å².